The molecule has 1 aromatic rings. The molecule has 0 spiro atoms. The van der Waals surface area contributed by atoms with Gasteiger partial charge < -0.3 is 20.7 Å². The quantitative estimate of drug-likeness (QED) is 0.811. The Bertz CT molecular complexity index is 656. The molecule has 0 bridgehead atoms. The van der Waals surface area contributed by atoms with E-state index in [-0.39, 0.29) is 17.7 Å². The first-order valence-corrected chi connectivity index (χ1v) is 7.94. The zero-order valence-electron chi connectivity index (χ0n) is 14.2. The van der Waals surface area contributed by atoms with Gasteiger partial charge in [0.15, 0.2) is 0 Å². The minimum Gasteiger partial charge on any atom is -0.444 e. The van der Waals surface area contributed by atoms with Crippen molar-refractivity contribution in [3.8, 4) is 6.07 Å². The molecule has 1 amide bonds. The van der Waals surface area contributed by atoms with E-state index in [1.165, 1.54) is 12.1 Å². The summed E-state index contributed by atoms with van der Waals surface area (Å²) in [6.45, 7) is 6.55. The molecule has 1 saturated heterocycles. The van der Waals surface area contributed by atoms with Gasteiger partial charge in [-0.25, -0.2) is 9.18 Å². The number of carbonyl (C=O) groups is 1. The third-order valence-corrected chi connectivity index (χ3v) is 3.79. The Hall–Kier alpha value is -2.49. The summed E-state index contributed by atoms with van der Waals surface area (Å²) in [5, 5.41) is 12.3. The van der Waals surface area contributed by atoms with Crippen molar-refractivity contribution in [3.05, 3.63) is 23.5 Å². The van der Waals surface area contributed by atoms with E-state index in [0.29, 0.717) is 37.3 Å². The largest absolute Gasteiger partial charge is 0.444 e. The van der Waals surface area contributed by atoms with Gasteiger partial charge in [-0.1, -0.05) is 0 Å². The molecule has 0 unspecified atom stereocenters. The van der Waals surface area contributed by atoms with Crippen LogP contribution in [0.5, 0.6) is 0 Å². The molecule has 0 radical (unpaired) electrons. The summed E-state index contributed by atoms with van der Waals surface area (Å²) in [5.41, 5.74) is 5.92. The van der Waals surface area contributed by atoms with Crippen molar-refractivity contribution in [1.29, 1.82) is 5.26 Å². The molecule has 1 aliphatic rings. The van der Waals surface area contributed by atoms with Gasteiger partial charge >= 0.3 is 6.09 Å². The number of rotatable bonds is 2. The summed E-state index contributed by atoms with van der Waals surface area (Å²) in [4.78, 5) is 13.7. The van der Waals surface area contributed by atoms with Crippen molar-refractivity contribution < 1.29 is 13.9 Å². The highest BCUT2D eigenvalue weighted by Gasteiger charge is 2.27. The highest BCUT2D eigenvalue weighted by molar-refractivity contribution is 5.74. The fraction of sp³-hybridized carbons (Fsp3) is 0.529. The second kappa shape index (κ2) is 6.95. The molecule has 3 N–H and O–H groups in total. The normalized spacial score (nSPS) is 15.7. The van der Waals surface area contributed by atoms with Gasteiger partial charge in [-0.15, -0.1) is 0 Å². The summed E-state index contributed by atoms with van der Waals surface area (Å²) in [7, 11) is 0. The van der Waals surface area contributed by atoms with Gasteiger partial charge in [-0.3, -0.25) is 0 Å². The molecule has 24 heavy (non-hydrogen) atoms. The minimum atomic E-state index is -0.597. The van der Waals surface area contributed by atoms with E-state index < -0.39 is 11.4 Å². The van der Waals surface area contributed by atoms with Crippen LogP contribution in [0.1, 0.15) is 39.2 Å². The van der Waals surface area contributed by atoms with Crippen molar-refractivity contribution in [1.82, 2.24) is 4.90 Å². The number of likely N-dealkylation sites (tertiary alicyclic amines) is 1. The van der Waals surface area contributed by atoms with E-state index in [1.54, 1.807) is 4.90 Å². The van der Waals surface area contributed by atoms with Crippen molar-refractivity contribution in [2.45, 2.75) is 45.3 Å². The number of benzene rings is 1. The fourth-order valence-electron chi connectivity index (χ4n) is 2.60. The van der Waals surface area contributed by atoms with E-state index in [1.807, 2.05) is 26.8 Å². The van der Waals surface area contributed by atoms with Crippen LogP contribution in [0.2, 0.25) is 0 Å². The van der Waals surface area contributed by atoms with Gasteiger partial charge in [-0.2, -0.15) is 5.26 Å². The first-order valence-electron chi connectivity index (χ1n) is 7.94. The van der Waals surface area contributed by atoms with Crippen molar-refractivity contribution in [2.75, 3.05) is 24.1 Å². The summed E-state index contributed by atoms with van der Waals surface area (Å²) < 4.78 is 19.1. The predicted molar refractivity (Wildman–Crippen MR) is 90.0 cm³/mol. The molecule has 1 fully saturated rings. The number of hydrogen-bond acceptors (Lipinski definition) is 5. The third-order valence-electron chi connectivity index (χ3n) is 3.79. The van der Waals surface area contributed by atoms with Gasteiger partial charge in [0.2, 0.25) is 0 Å². The average Bonchev–Trinajstić information content (AvgIpc) is 2.50. The molecule has 1 heterocycles. The zero-order valence-corrected chi connectivity index (χ0v) is 14.2. The summed E-state index contributed by atoms with van der Waals surface area (Å²) in [5.74, 6) is -0.597. The highest BCUT2D eigenvalue weighted by Crippen LogP contribution is 2.28. The maximum absolute atomic E-state index is 13.7. The van der Waals surface area contributed by atoms with Gasteiger partial charge in [0, 0.05) is 19.1 Å². The van der Waals surface area contributed by atoms with Crippen LogP contribution in [0.15, 0.2) is 12.1 Å². The van der Waals surface area contributed by atoms with Crippen LogP contribution in [-0.4, -0.2) is 35.7 Å². The first-order chi connectivity index (χ1) is 11.2. The summed E-state index contributed by atoms with van der Waals surface area (Å²) in [6, 6.07) is 4.48. The van der Waals surface area contributed by atoms with Crippen molar-refractivity contribution in [3.63, 3.8) is 0 Å². The van der Waals surface area contributed by atoms with Crippen molar-refractivity contribution in [2.24, 2.45) is 0 Å². The van der Waals surface area contributed by atoms with E-state index in [4.69, 9.17) is 15.7 Å². The van der Waals surface area contributed by atoms with Crippen molar-refractivity contribution >= 4 is 17.5 Å². The highest BCUT2D eigenvalue weighted by atomic mass is 19.1. The number of amides is 1. The lowest BCUT2D eigenvalue weighted by Gasteiger charge is -2.34. The molecule has 0 atom stereocenters. The number of ether oxygens (including phenoxy) is 1. The number of nitrogens with zero attached hydrogens (tertiary/aromatic N) is 2. The molecule has 1 aromatic carbocycles. The zero-order chi connectivity index (χ0) is 17.9. The standard InChI is InChI=1S/C17H23FN4O2/c1-17(2,3)24-16(23)22-8-6-11(7-9-22)21-15-12(10-19)13(18)4-5-14(15)20/h4-5,11,21H,6-9,20H2,1-3H3. The lowest BCUT2D eigenvalue weighted by atomic mass is 10.0. The molecule has 0 saturated carbocycles. The van der Waals surface area contributed by atoms with Gasteiger partial charge in [0.05, 0.1) is 11.4 Å². The van der Waals surface area contributed by atoms with E-state index in [0.717, 1.165) is 0 Å². The Labute approximate surface area is 141 Å². The number of nitrogen functional groups attached to an aromatic ring is 1. The number of piperidine rings is 1. The number of nitrogens with two attached hydrogens (primary N) is 1. The Morgan fingerprint density at radius 3 is 2.58 bits per heavy atom. The number of carbonyl (C=O) groups excluding carboxylic acids is 1. The SMILES string of the molecule is CC(C)(C)OC(=O)N1CCC(Nc2c(N)ccc(F)c2C#N)CC1. The molecular formula is C17H23FN4O2. The molecule has 1 aliphatic heterocycles. The average molecular weight is 334 g/mol. The molecule has 130 valence electrons. The molecule has 0 aliphatic carbocycles. The molecule has 6 nitrogen and oxygen atoms in total. The number of nitrogens with one attached hydrogen (secondary N) is 1. The number of nitriles is 1. The van der Waals surface area contributed by atoms with Crippen LogP contribution < -0.4 is 11.1 Å². The maximum atomic E-state index is 13.7. The molecule has 7 heteroatoms. The van der Waals surface area contributed by atoms with Gasteiger partial charge in [0.1, 0.15) is 23.1 Å². The summed E-state index contributed by atoms with van der Waals surface area (Å²) >= 11 is 0. The Morgan fingerprint density at radius 2 is 2.04 bits per heavy atom. The van der Waals surface area contributed by atoms with Crippen LogP contribution in [0.3, 0.4) is 0 Å². The summed E-state index contributed by atoms with van der Waals surface area (Å²) in [6.07, 6.45) is 1.00. The van der Waals surface area contributed by atoms with E-state index in [2.05, 4.69) is 5.32 Å². The Morgan fingerprint density at radius 1 is 1.42 bits per heavy atom. The fourth-order valence-corrected chi connectivity index (χ4v) is 2.60. The maximum Gasteiger partial charge on any atom is 0.410 e. The third kappa shape index (κ3) is 4.28. The second-order valence-corrected chi connectivity index (χ2v) is 6.88. The van der Waals surface area contributed by atoms with Crippen LogP contribution in [0, 0.1) is 17.1 Å². The lowest BCUT2D eigenvalue weighted by Crippen LogP contribution is -2.44. The monoisotopic (exact) mass is 334 g/mol. The second-order valence-electron chi connectivity index (χ2n) is 6.88. The Balaban J connectivity index is 1.99. The molecule has 2 rings (SSSR count). The van der Waals surface area contributed by atoms with Gasteiger partial charge in [0.25, 0.3) is 0 Å². The van der Waals surface area contributed by atoms with Crippen LogP contribution in [0.4, 0.5) is 20.6 Å². The number of hydrogen-bond donors (Lipinski definition) is 2. The van der Waals surface area contributed by atoms with Crippen LogP contribution in [-0.2, 0) is 4.74 Å². The molecular weight excluding hydrogens is 311 g/mol. The molecule has 0 aromatic heterocycles. The lowest BCUT2D eigenvalue weighted by molar-refractivity contribution is 0.0210. The van der Waals surface area contributed by atoms with Crippen LogP contribution in [0.25, 0.3) is 0 Å². The first kappa shape index (κ1) is 17.9. The number of anilines is 2. The van der Waals surface area contributed by atoms with E-state index in [9.17, 15) is 9.18 Å². The van der Waals surface area contributed by atoms with Crippen LogP contribution >= 0.6 is 0 Å². The van der Waals surface area contributed by atoms with E-state index >= 15 is 0 Å². The number of halogens is 1. The topological polar surface area (TPSA) is 91.4 Å². The Kier molecular flexibility index (Phi) is 5.17. The van der Waals surface area contributed by atoms with Gasteiger partial charge in [-0.05, 0) is 45.7 Å². The smallest absolute Gasteiger partial charge is 0.410 e. The predicted octanol–water partition coefficient (Wildman–Crippen LogP) is 3.09. The minimum absolute atomic E-state index is 0.0138.